The minimum atomic E-state index is 0.0539. The number of anilines is 1. The number of nitrogens with one attached hydrogen (secondary N) is 1. The van der Waals surface area contributed by atoms with Crippen molar-refractivity contribution in [3.05, 3.63) is 46.5 Å². The Morgan fingerprint density at radius 2 is 1.93 bits per heavy atom. The van der Waals surface area contributed by atoms with Crippen molar-refractivity contribution in [3.8, 4) is 0 Å². The van der Waals surface area contributed by atoms with Crippen molar-refractivity contribution in [2.24, 2.45) is 11.8 Å². The van der Waals surface area contributed by atoms with Gasteiger partial charge in [-0.1, -0.05) is 37.3 Å². The number of thiazole rings is 1. The van der Waals surface area contributed by atoms with E-state index in [-0.39, 0.29) is 11.8 Å². The van der Waals surface area contributed by atoms with E-state index in [1.54, 1.807) is 11.3 Å². The Morgan fingerprint density at radius 1 is 1.17 bits per heavy atom. The summed E-state index contributed by atoms with van der Waals surface area (Å²) < 4.78 is 0. The Balaban J connectivity index is 1.22. The fourth-order valence-corrected chi connectivity index (χ4v) is 5.48. The summed E-state index contributed by atoms with van der Waals surface area (Å²) in [7, 11) is 0. The van der Waals surface area contributed by atoms with Crippen LogP contribution in [0.3, 0.4) is 0 Å². The first-order valence-corrected chi connectivity index (χ1v) is 11.5. The van der Waals surface area contributed by atoms with Crippen LogP contribution < -0.4 is 5.32 Å². The first-order valence-electron chi connectivity index (χ1n) is 10.7. The predicted octanol–water partition coefficient (Wildman–Crippen LogP) is 4.08. The fourth-order valence-electron chi connectivity index (χ4n) is 4.29. The van der Waals surface area contributed by atoms with Gasteiger partial charge in [0.15, 0.2) is 5.13 Å². The molecule has 0 spiro atoms. The number of fused-ring (bicyclic) bond motifs is 1. The summed E-state index contributed by atoms with van der Waals surface area (Å²) in [5.74, 6) is 1.28. The highest BCUT2D eigenvalue weighted by atomic mass is 32.1. The van der Waals surface area contributed by atoms with E-state index in [4.69, 9.17) is 0 Å². The maximum absolute atomic E-state index is 12.5. The molecule has 4 rings (SSSR count). The van der Waals surface area contributed by atoms with E-state index in [9.17, 15) is 9.59 Å². The monoisotopic (exact) mass is 411 g/mol. The van der Waals surface area contributed by atoms with Crippen molar-refractivity contribution in [3.63, 3.8) is 0 Å². The summed E-state index contributed by atoms with van der Waals surface area (Å²) in [5.41, 5.74) is 2.23. The van der Waals surface area contributed by atoms with Gasteiger partial charge < -0.3 is 10.2 Å². The minimum absolute atomic E-state index is 0.0539. The van der Waals surface area contributed by atoms with Gasteiger partial charge in [0.1, 0.15) is 0 Å². The number of carbonyl (C=O) groups is 2. The Morgan fingerprint density at radius 3 is 2.69 bits per heavy atom. The van der Waals surface area contributed by atoms with Crippen molar-refractivity contribution in [2.45, 2.75) is 51.9 Å². The molecule has 1 N–H and O–H groups in total. The van der Waals surface area contributed by atoms with E-state index in [0.29, 0.717) is 24.7 Å². The normalized spacial score (nSPS) is 19.6. The number of nitrogens with zero attached hydrogens (tertiary/aromatic N) is 2. The van der Waals surface area contributed by atoms with Crippen molar-refractivity contribution in [2.75, 3.05) is 18.4 Å². The number of piperidine rings is 1. The number of likely N-dealkylation sites (tertiary alicyclic amines) is 1. The van der Waals surface area contributed by atoms with Crippen LogP contribution in [-0.4, -0.2) is 34.8 Å². The number of amides is 2. The third kappa shape index (κ3) is 5.24. The maximum Gasteiger partial charge on any atom is 0.226 e. The van der Waals surface area contributed by atoms with Crippen LogP contribution in [0.2, 0.25) is 0 Å². The first-order chi connectivity index (χ1) is 14.1. The van der Waals surface area contributed by atoms with Gasteiger partial charge in [0.25, 0.3) is 0 Å². The van der Waals surface area contributed by atoms with E-state index in [1.807, 2.05) is 35.2 Å². The molecule has 1 aliphatic heterocycles. The second-order valence-corrected chi connectivity index (χ2v) is 9.56. The fraction of sp³-hybridized carbons (Fsp3) is 0.522. The number of hydrogen-bond acceptors (Lipinski definition) is 4. The molecule has 1 atom stereocenters. The van der Waals surface area contributed by atoms with Crippen LogP contribution >= 0.6 is 11.3 Å². The van der Waals surface area contributed by atoms with Crippen LogP contribution in [0.25, 0.3) is 0 Å². The quantitative estimate of drug-likeness (QED) is 0.806. The molecule has 1 fully saturated rings. The Bertz CT molecular complexity index is 856. The van der Waals surface area contributed by atoms with Crippen LogP contribution in [0, 0.1) is 11.8 Å². The van der Waals surface area contributed by atoms with Gasteiger partial charge in [0.05, 0.1) is 12.1 Å². The molecular weight excluding hydrogens is 382 g/mol. The second kappa shape index (κ2) is 9.08. The average molecular weight is 412 g/mol. The van der Waals surface area contributed by atoms with E-state index in [2.05, 4.69) is 17.2 Å². The van der Waals surface area contributed by atoms with Gasteiger partial charge in [-0.3, -0.25) is 9.59 Å². The van der Waals surface area contributed by atoms with Gasteiger partial charge in [-0.2, -0.15) is 0 Å². The van der Waals surface area contributed by atoms with Gasteiger partial charge in [0, 0.05) is 24.4 Å². The lowest BCUT2D eigenvalue weighted by atomic mass is 9.93. The standard InChI is InChI=1S/C23H29N3O2S/c1-16-7-8-19-20(13-16)29-23(24-19)25-21(27)14-18-9-11-26(12-10-18)22(28)15-17-5-3-2-4-6-17/h2-6,16,18H,7-15H2,1H3,(H,24,25,27)/t16-/m1/s1. The summed E-state index contributed by atoms with van der Waals surface area (Å²) >= 11 is 1.64. The highest BCUT2D eigenvalue weighted by Crippen LogP contribution is 2.32. The molecule has 2 aliphatic rings. The number of aromatic nitrogens is 1. The van der Waals surface area contributed by atoms with Crippen LogP contribution in [-0.2, 0) is 28.9 Å². The lowest BCUT2D eigenvalue weighted by Crippen LogP contribution is -2.40. The molecule has 0 bridgehead atoms. The molecule has 1 aliphatic carbocycles. The molecule has 1 aromatic carbocycles. The molecule has 2 heterocycles. The maximum atomic E-state index is 12.5. The highest BCUT2D eigenvalue weighted by molar-refractivity contribution is 7.15. The van der Waals surface area contributed by atoms with Gasteiger partial charge in [-0.15, -0.1) is 11.3 Å². The van der Waals surface area contributed by atoms with Gasteiger partial charge >= 0.3 is 0 Å². The molecule has 154 valence electrons. The largest absolute Gasteiger partial charge is 0.342 e. The molecule has 5 nitrogen and oxygen atoms in total. The third-order valence-electron chi connectivity index (χ3n) is 6.07. The number of aryl methyl sites for hydroxylation is 1. The Kier molecular flexibility index (Phi) is 6.28. The van der Waals surface area contributed by atoms with Crippen molar-refractivity contribution >= 4 is 28.3 Å². The number of carbonyl (C=O) groups excluding carboxylic acids is 2. The minimum Gasteiger partial charge on any atom is -0.342 e. The van der Waals surface area contributed by atoms with Gasteiger partial charge in [-0.05, 0) is 49.5 Å². The molecule has 29 heavy (non-hydrogen) atoms. The second-order valence-electron chi connectivity index (χ2n) is 8.48. The number of hydrogen-bond donors (Lipinski definition) is 1. The smallest absolute Gasteiger partial charge is 0.226 e. The number of benzene rings is 1. The van der Waals surface area contributed by atoms with E-state index >= 15 is 0 Å². The summed E-state index contributed by atoms with van der Waals surface area (Å²) in [5, 5.41) is 3.77. The highest BCUT2D eigenvalue weighted by Gasteiger charge is 2.25. The van der Waals surface area contributed by atoms with Crippen LogP contribution in [0.15, 0.2) is 30.3 Å². The first kappa shape index (κ1) is 20.1. The molecule has 1 saturated heterocycles. The van der Waals surface area contributed by atoms with E-state index in [0.717, 1.165) is 49.5 Å². The van der Waals surface area contributed by atoms with Gasteiger partial charge in [0.2, 0.25) is 11.8 Å². The van der Waals surface area contributed by atoms with Crippen molar-refractivity contribution in [1.29, 1.82) is 0 Å². The van der Waals surface area contributed by atoms with Crippen LogP contribution in [0.5, 0.6) is 0 Å². The zero-order valence-electron chi connectivity index (χ0n) is 17.0. The Hall–Kier alpha value is -2.21. The van der Waals surface area contributed by atoms with Crippen LogP contribution in [0.4, 0.5) is 5.13 Å². The number of rotatable bonds is 5. The molecular formula is C23H29N3O2S. The van der Waals surface area contributed by atoms with Crippen LogP contribution in [0.1, 0.15) is 48.7 Å². The molecule has 0 saturated carbocycles. The molecule has 2 aromatic rings. The summed E-state index contributed by atoms with van der Waals surface area (Å²) in [6.07, 6.45) is 6.04. The Labute approximate surface area is 176 Å². The lowest BCUT2D eigenvalue weighted by molar-refractivity contribution is -0.131. The van der Waals surface area contributed by atoms with E-state index in [1.165, 1.54) is 17.0 Å². The predicted molar refractivity (Wildman–Crippen MR) is 116 cm³/mol. The molecule has 0 unspecified atom stereocenters. The summed E-state index contributed by atoms with van der Waals surface area (Å²) in [6.45, 7) is 3.76. The average Bonchev–Trinajstić information content (AvgIpc) is 3.10. The molecule has 6 heteroatoms. The van der Waals surface area contributed by atoms with Gasteiger partial charge in [-0.25, -0.2) is 4.98 Å². The lowest BCUT2D eigenvalue weighted by Gasteiger charge is -2.31. The van der Waals surface area contributed by atoms with E-state index < -0.39 is 0 Å². The molecule has 0 radical (unpaired) electrons. The summed E-state index contributed by atoms with van der Waals surface area (Å²) in [4.78, 5) is 32.9. The van der Waals surface area contributed by atoms with Crippen molar-refractivity contribution < 1.29 is 9.59 Å². The summed E-state index contributed by atoms with van der Waals surface area (Å²) in [6, 6.07) is 9.88. The van der Waals surface area contributed by atoms with Crippen molar-refractivity contribution in [1.82, 2.24) is 9.88 Å². The molecule has 1 aromatic heterocycles. The third-order valence-corrected chi connectivity index (χ3v) is 7.11. The zero-order valence-corrected chi connectivity index (χ0v) is 17.8. The SMILES string of the molecule is C[C@@H]1CCc2nc(NC(=O)CC3CCN(C(=O)Cc4ccccc4)CC3)sc2C1. The topological polar surface area (TPSA) is 62.3 Å². The molecule has 2 amide bonds. The zero-order chi connectivity index (χ0) is 20.2.